The predicted molar refractivity (Wildman–Crippen MR) is 77.5 cm³/mol. The number of rotatable bonds is 9. The van der Waals surface area contributed by atoms with E-state index in [1.807, 2.05) is 32.6 Å². The molecule has 0 aliphatic rings. The molecule has 1 heterocycles. The van der Waals surface area contributed by atoms with Gasteiger partial charge in [-0.3, -0.25) is 0 Å². The molecule has 0 amide bonds. The fraction of sp³-hybridized carbons (Fsp3) is 0.800. The molecule has 0 aromatic carbocycles. The number of imidazole rings is 1. The third kappa shape index (κ3) is 8.29. The predicted octanol–water partition coefficient (Wildman–Crippen LogP) is 3.88. The SMILES string of the molecule is CC.CCCC(CO)CCCCCn1ccnc1. The van der Waals surface area contributed by atoms with Crippen LogP contribution in [0.5, 0.6) is 0 Å². The van der Waals surface area contributed by atoms with E-state index in [0.29, 0.717) is 12.5 Å². The fourth-order valence-corrected chi connectivity index (χ4v) is 2.06. The molecule has 1 atom stereocenters. The number of unbranched alkanes of at least 4 members (excludes halogenated alkanes) is 2. The Kier molecular flexibility index (Phi) is 12.0. The Bertz CT molecular complexity index is 247. The topological polar surface area (TPSA) is 38.0 Å². The molecule has 1 aromatic heterocycles. The van der Waals surface area contributed by atoms with E-state index in [0.717, 1.165) is 13.0 Å². The van der Waals surface area contributed by atoms with Gasteiger partial charge in [-0.05, 0) is 25.2 Å². The maximum absolute atomic E-state index is 9.15. The largest absolute Gasteiger partial charge is 0.396 e. The molecule has 0 aliphatic carbocycles. The van der Waals surface area contributed by atoms with Crippen LogP contribution in [0.4, 0.5) is 0 Å². The molecule has 0 spiro atoms. The van der Waals surface area contributed by atoms with Crippen molar-refractivity contribution in [2.75, 3.05) is 6.61 Å². The molecule has 0 fully saturated rings. The zero-order chi connectivity index (χ0) is 13.6. The summed E-state index contributed by atoms with van der Waals surface area (Å²) in [6, 6.07) is 0. The normalized spacial score (nSPS) is 11.8. The standard InChI is InChI=1S/C13H24N2O.C2H6/c1-2-6-13(11-16)7-4-3-5-9-15-10-8-14-12-15;1-2/h8,10,12-13,16H,2-7,9,11H2,1H3;1-2H3. The Morgan fingerprint density at radius 2 is 1.94 bits per heavy atom. The maximum atomic E-state index is 9.15. The minimum Gasteiger partial charge on any atom is -0.396 e. The van der Waals surface area contributed by atoms with Crippen molar-refractivity contribution in [1.29, 1.82) is 0 Å². The highest BCUT2D eigenvalue weighted by Gasteiger charge is 2.05. The second-order valence-electron chi connectivity index (χ2n) is 4.49. The number of nitrogens with zero attached hydrogens (tertiary/aromatic N) is 2. The van der Waals surface area contributed by atoms with Crippen LogP contribution >= 0.6 is 0 Å². The summed E-state index contributed by atoms with van der Waals surface area (Å²) in [4.78, 5) is 4.02. The van der Waals surface area contributed by atoms with E-state index in [-0.39, 0.29) is 0 Å². The lowest BCUT2D eigenvalue weighted by Crippen LogP contribution is -2.05. The number of aromatic nitrogens is 2. The van der Waals surface area contributed by atoms with Crippen molar-refractivity contribution in [3.8, 4) is 0 Å². The highest BCUT2D eigenvalue weighted by molar-refractivity contribution is 4.73. The molecular weight excluding hydrogens is 224 g/mol. The van der Waals surface area contributed by atoms with Crippen LogP contribution < -0.4 is 0 Å². The number of aryl methyl sites for hydroxylation is 1. The number of hydrogen-bond acceptors (Lipinski definition) is 2. The van der Waals surface area contributed by atoms with Gasteiger partial charge in [0.25, 0.3) is 0 Å². The zero-order valence-electron chi connectivity index (χ0n) is 12.3. The van der Waals surface area contributed by atoms with E-state index < -0.39 is 0 Å². The van der Waals surface area contributed by atoms with Gasteiger partial charge >= 0.3 is 0 Å². The summed E-state index contributed by atoms with van der Waals surface area (Å²) in [6.45, 7) is 7.61. The number of aliphatic hydroxyl groups excluding tert-OH is 1. The molecule has 0 bridgehead atoms. The molecule has 3 nitrogen and oxygen atoms in total. The van der Waals surface area contributed by atoms with Gasteiger partial charge in [0.15, 0.2) is 0 Å². The van der Waals surface area contributed by atoms with Gasteiger partial charge in [0.05, 0.1) is 6.33 Å². The lowest BCUT2D eigenvalue weighted by Gasteiger charge is -2.12. The Hall–Kier alpha value is -0.830. The highest BCUT2D eigenvalue weighted by Crippen LogP contribution is 2.15. The maximum Gasteiger partial charge on any atom is 0.0945 e. The summed E-state index contributed by atoms with van der Waals surface area (Å²) >= 11 is 0. The summed E-state index contributed by atoms with van der Waals surface area (Å²) in [5, 5.41) is 9.15. The van der Waals surface area contributed by atoms with Gasteiger partial charge in [0.1, 0.15) is 0 Å². The van der Waals surface area contributed by atoms with Crippen molar-refractivity contribution in [1.82, 2.24) is 9.55 Å². The van der Waals surface area contributed by atoms with Crippen LogP contribution in [0.2, 0.25) is 0 Å². The fourth-order valence-electron chi connectivity index (χ4n) is 2.06. The summed E-state index contributed by atoms with van der Waals surface area (Å²) < 4.78 is 2.12. The lowest BCUT2D eigenvalue weighted by molar-refractivity contribution is 0.206. The molecule has 1 rings (SSSR count). The highest BCUT2D eigenvalue weighted by atomic mass is 16.3. The van der Waals surface area contributed by atoms with Crippen LogP contribution in [0.1, 0.15) is 59.3 Å². The Morgan fingerprint density at radius 1 is 1.17 bits per heavy atom. The molecule has 1 N–H and O–H groups in total. The first kappa shape index (κ1) is 17.2. The summed E-state index contributed by atoms with van der Waals surface area (Å²) in [5.74, 6) is 0.526. The van der Waals surface area contributed by atoms with E-state index >= 15 is 0 Å². The minimum atomic E-state index is 0.357. The van der Waals surface area contributed by atoms with Crippen LogP contribution in [0.15, 0.2) is 18.7 Å². The van der Waals surface area contributed by atoms with Gasteiger partial charge in [-0.25, -0.2) is 4.98 Å². The first-order chi connectivity index (χ1) is 8.86. The van der Waals surface area contributed by atoms with Crippen molar-refractivity contribution in [3.63, 3.8) is 0 Å². The second-order valence-corrected chi connectivity index (χ2v) is 4.49. The lowest BCUT2D eigenvalue weighted by atomic mass is 9.97. The molecule has 18 heavy (non-hydrogen) atoms. The first-order valence-electron chi connectivity index (χ1n) is 7.43. The summed E-state index contributed by atoms with van der Waals surface area (Å²) in [6.07, 6.45) is 12.9. The second kappa shape index (κ2) is 12.6. The zero-order valence-corrected chi connectivity index (χ0v) is 12.3. The van der Waals surface area contributed by atoms with Crippen LogP contribution in [0.3, 0.4) is 0 Å². The molecule has 1 aromatic rings. The van der Waals surface area contributed by atoms with Gasteiger partial charge in [-0.2, -0.15) is 0 Å². The van der Waals surface area contributed by atoms with Gasteiger partial charge in [-0.15, -0.1) is 0 Å². The first-order valence-corrected chi connectivity index (χ1v) is 7.43. The summed E-state index contributed by atoms with van der Waals surface area (Å²) in [7, 11) is 0. The quantitative estimate of drug-likeness (QED) is 0.679. The summed E-state index contributed by atoms with van der Waals surface area (Å²) in [5.41, 5.74) is 0. The van der Waals surface area contributed by atoms with Crippen LogP contribution in [-0.2, 0) is 6.54 Å². The number of aliphatic hydroxyl groups is 1. The Labute approximate surface area is 112 Å². The monoisotopic (exact) mass is 254 g/mol. The van der Waals surface area contributed by atoms with Gasteiger partial charge in [-0.1, -0.05) is 40.0 Å². The molecular formula is C15H30N2O. The minimum absolute atomic E-state index is 0.357. The van der Waals surface area contributed by atoms with Crippen molar-refractivity contribution in [3.05, 3.63) is 18.7 Å². The molecule has 0 aliphatic heterocycles. The van der Waals surface area contributed by atoms with Crippen LogP contribution in [0, 0.1) is 5.92 Å². The molecule has 0 radical (unpaired) electrons. The number of hydrogen-bond donors (Lipinski definition) is 1. The van der Waals surface area contributed by atoms with Crippen molar-refractivity contribution >= 4 is 0 Å². The van der Waals surface area contributed by atoms with Crippen molar-refractivity contribution < 1.29 is 5.11 Å². The average Bonchev–Trinajstić information content (AvgIpc) is 2.92. The third-order valence-corrected chi connectivity index (χ3v) is 3.04. The molecule has 0 saturated heterocycles. The van der Waals surface area contributed by atoms with E-state index in [1.54, 1.807) is 0 Å². The van der Waals surface area contributed by atoms with Gasteiger partial charge < -0.3 is 9.67 Å². The van der Waals surface area contributed by atoms with E-state index in [2.05, 4.69) is 16.5 Å². The molecule has 1 unspecified atom stereocenters. The Morgan fingerprint density at radius 3 is 2.50 bits per heavy atom. The average molecular weight is 254 g/mol. The molecule has 0 saturated carbocycles. The molecule has 106 valence electrons. The van der Waals surface area contributed by atoms with E-state index in [4.69, 9.17) is 5.11 Å². The van der Waals surface area contributed by atoms with Gasteiger partial charge in [0.2, 0.25) is 0 Å². The third-order valence-electron chi connectivity index (χ3n) is 3.04. The smallest absolute Gasteiger partial charge is 0.0945 e. The van der Waals surface area contributed by atoms with E-state index in [9.17, 15) is 0 Å². The van der Waals surface area contributed by atoms with E-state index in [1.165, 1.54) is 32.1 Å². The van der Waals surface area contributed by atoms with Crippen LogP contribution in [0.25, 0.3) is 0 Å². The molecule has 3 heteroatoms. The van der Waals surface area contributed by atoms with Crippen molar-refractivity contribution in [2.45, 2.75) is 65.8 Å². The van der Waals surface area contributed by atoms with Gasteiger partial charge in [0, 0.05) is 25.5 Å². The van der Waals surface area contributed by atoms with Crippen molar-refractivity contribution in [2.24, 2.45) is 5.92 Å². The van der Waals surface area contributed by atoms with Crippen LogP contribution in [-0.4, -0.2) is 21.3 Å². The Balaban J connectivity index is 0.00000137.